The molecule has 0 amide bonds. The van der Waals surface area contributed by atoms with E-state index in [1.807, 2.05) is 6.92 Å². The summed E-state index contributed by atoms with van der Waals surface area (Å²) in [5, 5.41) is 3.91. The van der Waals surface area contributed by atoms with Crippen molar-refractivity contribution in [2.45, 2.75) is 6.92 Å². The van der Waals surface area contributed by atoms with Crippen molar-refractivity contribution in [2.75, 3.05) is 0 Å². The lowest BCUT2D eigenvalue weighted by Crippen LogP contribution is -1.82. The van der Waals surface area contributed by atoms with Crippen molar-refractivity contribution in [3.05, 3.63) is 29.7 Å². The number of aromatic nitrogens is 3. The van der Waals surface area contributed by atoms with Gasteiger partial charge in [-0.2, -0.15) is 0 Å². The minimum absolute atomic E-state index is 0.812. The third-order valence-electron chi connectivity index (χ3n) is 1.35. The Bertz CT molecular complexity index is 369. The molecule has 0 saturated heterocycles. The van der Waals surface area contributed by atoms with Crippen LogP contribution in [0.2, 0.25) is 0 Å². The first-order chi connectivity index (χ1) is 5.86. The highest BCUT2D eigenvalue weighted by molar-refractivity contribution is 7.12. The minimum atomic E-state index is 0.812. The van der Waals surface area contributed by atoms with Gasteiger partial charge in [-0.15, -0.1) is 11.3 Å². The number of nitrogens with zero attached hydrogens (tertiary/aromatic N) is 3. The molecule has 0 saturated carbocycles. The second-order valence-electron chi connectivity index (χ2n) is 2.30. The summed E-state index contributed by atoms with van der Waals surface area (Å²) < 4.78 is 0. The molecule has 0 N–H and O–H groups in total. The van der Waals surface area contributed by atoms with E-state index in [4.69, 9.17) is 0 Å². The van der Waals surface area contributed by atoms with E-state index < -0.39 is 0 Å². The maximum Gasteiger partial charge on any atom is 0.144 e. The lowest BCUT2D eigenvalue weighted by Gasteiger charge is -1.90. The molecule has 0 unspecified atom stereocenters. The Morgan fingerprint density at radius 3 is 2.92 bits per heavy atom. The molecule has 0 aliphatic rings. The molecule has 2 aromatic heterocycles. The van der Waals surface area contributed by atoms with Crippen LogP contribution in [0.15, 0.2) is 18.6 Å². The van der Waals surface area contributed by atoms with Crippen molar-refractivity contribution in [1.29, 1.82) is 0 Å². The van der Waals surface area contributed by atoms with Gasteiger partial charge in [0, 0.05) is 12.4 Å². The normalized spacial score (nSPS) is 10.1. The van der Waals surface area contributed by atoms with Gasteiger partial charge in [-0.25, -0.2) is 4.98 Å². The van der Waals surface area contributed by atoms with Gasteiger partial charge in [0.15, 0.2) is 0 Å². The van der Waals surface area contributed by atoms with Crippen molar-refractivity contribution >= 4 is 11.3 Å². The predicted molar refractivity (Wildman–Crippen MR) is 46.7 cm³/mol. The summed E-state index contributed by atoms with van der Waals surface area (Å²) in [6.45, 7) is 1.91. The molecular weight excluding hydrogens is 170 g/mol. The smallest absolute Gasteiger partial charge is 0.144 e. The molecular formula is C8H6N3S. The van der Waals surface area contributed by atoms with Gasteiger partial charge in [0.05, 0.1) is 17.3 Å². The average molecular weight is 176 g/mol. The second kappa shape index (κ2) is 2.98. The fourth-order valence-corrected chi connectivity index (χ4v) is 1.52. The molecule has 0 aliphatic carbocycles. The summed E-state index contributed by atoms with van der Waals surface area (Å²) in [6, 6.07) is 0. The van der Waals surface area contributed by atoms with Crippen LogP contribution < -0.4 is 0 Å². The topological polar surface area (TPSA) is 38.7 Å². The van der Waals surface area contributed by atoms with E-state index in [2.05, 4.69) is 20.3 Å². The summed E-state index contributed by atoms with van der Waals surface area (Å²) in [4.78, 5) is 12.3. The molecule has 0 bridgehead atoms. The van der Waals surface area contributed by atoms with E-state index in [1.165, 1.54) is 11.3 Å². The van der Waals surface area contributed by atoms with Crippen molar-refractivity contribution < 1.29 is 0 Å². The molecule has 1 radical (unpaired) electrons. The number of thiazole rings is 1. The molecule has 0 aliphatic heterocycles. The number of rotatable bonds is 1. The van der Waals surface area contributed by atoms with Crippen LogP contribution in [0.5, 0.6) is 0 Å². The zero-order valence-corrected chi connectivity index (χ0v) is 7.30. The fourth-order valence-electron chi connectivity index (χ4n) is 0.839. The molecule has 2 heterocycles. The monoisotopic (exact) mass is 176 g/mol. The second-order valence-corrected chi connectivity index (χ2v) is 3.09. The molecule has 0 spiro atoms. The van der Waals surface area contributed by atoms with Crippen LogP contribution in [0.3, 0.4) is 0 Å². The summed E-state index contributed by atoms with van der Waals surface area (Å²) >= 11 is 1.46. The molecule has 4 heteroatoms. The highest BCUT2D eigenvalue weighted by atomic mass is 32.1. The summed E-state index contributed by atoms with van der Waals surface area (Å²) in [6.07, 6.45) is 5.01. The zero-order chi connectivity index (χ0) is 8.39. The van der Waals surface area contributed by atoms with Crippen LogP contribution in [-0.4, -0.2) is 15.0 Å². The Morgan fingerprint density at radius 1 is 1.42 bits per heavy atom. The van der Waals surface area contributed by atoms with Crippen molar-refractivity contribution in [2.24, 2.45) is 0 Å². The number of aryl methyl sites for hydroxylation is 1. The van der Waals surface area contributed by atoms with Gasteiger partial charge in [0.25, 0.3) is 0 Å². The fraction of sp³-hybridized carbons (Fsp3) is 0.125. The standard InChI is InChI=1S/C8H6N3S/c1-6-5-12-8(11-6)7-4-9-2-3-10-7/h2-4H,1H3. The van der Waals surface area contributed by atoms with Gasteiger partial charge in [-0.05, 0) is 6.92 Å². The molecule has 3 nitrogen and oxygen atoms in total. The highest BCUT2D eigenvalue weighted by Crippen LogP contribution is 2.19. The third-order valence-corrected chi connectivity index (χ3v) is 2.24. The summed E-state index contributed by atoms with van der Waals surface area (Å²) in [7, 11) is 0. The Kier molecular flexibility index (Phi) is 1.83. The van der Waals surface area contributed by atoms with Gasteiger partial charge >= 0.3 is 0 Å². The highest BCUT2D eigenvalue weighted by Gasteiger charge is 2.02. The van der Waals surface area contributed by atoms with Crippen LogP contribution in [0, 0.1) is 12.3 Å². The van der Waals surface area contributed by atoms with Crippen LogP contribution in [0.25, 0.3) is 10.7 Å². The Hall–Kier alpha value is -1.29. The van der Waals surface area contributed by atoms with Gasteiger partial charge in [-0.3, -0.25) is 9.97 Å². The van der Waals surface area contributed by atoms with Crippen molar-refractivity contribution in [3.63, 3.8) is 0 Å². The minimum Gasteiger partial charge on any atom is -0.261 e. The van der Waals surface area contributed by atoms with Crippen molar-refractivity contribution in [1.82, 2.24) is 15.0 Å². The lowest BCUT2D eigenvalue weighted by molar-refractivity contribution is 1.18. The van der Waals surface area contributed by atoms with Crippen LogP contribution in [-0.2, 0) is 0 Å². The molecule has 59 valence electrons. The van der Waals surface area contributed by atoms with E-state index in [0.29, 0.717) is 0 Å². The number of hydrogen-bond donors (Lipinski definition) is 0. The van der Waals surface area contributed by atoms with E-state index in [9.17, 15) is 0 Å². The Morgan fingerprint density at radius 2 is 2.33 bits per heavy atom. The van der Waals surface area contributed by atoms with E-state index in [0.717, 1.165) is 16.4 Å². The van der Waals surface area contributed by atoms with Crippen LogP contribution in [0.4, 0.5) is 0 Å². The first kappa shape index (κ1) is 7.36. The summed E-state index contributed by atoms with van der Waals surface area (Å²) in [5.41, 5.74) is 1.72. The van der Waals surface area contributed by atoms with E-state index in [-0.39, 0.29) is 0 Å². The van der Waals surface area contributed by atoms with E-state index in [1.54, 1.807) is 18.6 Å². The molecule has 2 aromatic rings. The van der Waals surface area contributed by atoms with Crippen molar-refractivity contribution in [3.8, 4) is 10.7 Å². The van der Waals surface area contributed by atoms with Gasteiger partial charge < -0.3 is 0 Å². The van der Waals surface area contributed by atoms with E-state index >= 15 is 0 Å². The zero-order valence-electron chi connectivity index (χ0n) is 6.48. The maximum atomic E-state index is 4.24. The van der Waals surface area contributed by atoms with Crippen LogP contribution in [0.1, 0.15) is 5.69 Å². The van der Waals surface area contributed by atoms with Crippen LogP contribution >= 0.6 is 11.3 Å². The Labute approximate surface area is 74.2 Å². The van der Waals surface area contributed by atoms with Gasteiger partial charge in [0.1, 0.15) is 10.7 Å². The summed E-state index contributed by atoms with van der Waals surface area (Å²) in [5.74, 6) is 0. The number of hydrogen-bond acceptors (Lipinski definition) is 4. The molecule has 0 aromatic carbocycles. The lowest BCUT2D eigenvalue weighted by atomic mass is 10.5. The first-order valence-corrected chi connectivity index (χ1v) is 4.29. The third kappa shape index (κ3) is 1.33. The van der Waals surface area contributed by atoms with Gasteiger partial charge in [-0.1, -0.05) is 0 Å². The molecule has 0 atom stereocenters. The maximum absolute atomic E-state index is 4.24. The quantitative estimate of drug-likeness (QED) is 0.664. The molecule has 0 fully saturated rings. The first-order valence-electron chi connectivity index (χ1n) is 3.48. The largest absolute Gasteiger partial charge is 0.261 e. The molecule has 12 heavy (non-hydrogen) atoms. The molecule has 2 rings (SSSR count). The Balaban J connectivity index is 2.45. The SMILES string of the molecule is Cc1[c]sc(-c2cnccn2)n1. The predicted octanol–water partition coefficient (Wildman–Crippen LogP) is 1.71. The van der Waals surface area contributed by atoms with Gasteiger partial charge in [0.2, 0.25) is 0 Å². The average Bonchev–Trinajstić information content (AvgIpc) is 2.54.